The molecule has 142 valence electrons. The molecule has 2 aromatic carbocycles. The van der Waals surface area contributed by atoms with Crippen LogP contribution >= 0.6 is 15.9 Å². The molecule has 4 aromatic rings. The number of hydrogen-bond acceptors (Lipinski definition) is 3. The van der Waals surface area contributed by atoms with Gasteiger partial charge >= 0.3 is 5.97 Å². The Morgan fingerprint density at radius 1 is 1.10 bits per heavy atom. The number of fused-ring (bicyclic) bond motifs is 3. The van der Waals surface area contributed by atoms with Gasteiger partial charge in [-0.25, -0.2) is 9.64 Å². The van der Waals surface area contributed by atoms with Gasteiger partial charge in [0.15, 0.2) is 5.69 Å². The third kappa shape index (κ3) is 3.20. The van der Waals surface area contributed by atoms with Crippen molar-refractivity contribution in [3.63, 3.8) is 0 Å². The van der Waals surface area contributed by atoms with Gasteiger partial charge in [-0.15, -0.1) is 0 Å². The summed E-state index contributed by atoms with van der Waals surface area (Å²) in [6, 6.07) is 17.6. The van der Waals surface area contributed by atoms with Crippen LogP contribution in [0.1, 0.15) is 33.3 Å². The van der Waals surface area contributed by atoms with Gasteiger partial charge in [0.25, 0.3) is 0 Å². The Morgan fingerprint density at radius 3 is 2.52 bits per heavy atom. The molecule has 0 spiro atoms. The Kier molecular flexibility index (Phi) is 4.91. The number of carbonyl (C=O) groups excluding carboxylic acids is 2. The molecule has 0 amide bonds. The number of ether oxygens (including phenoxy) is 1. The summed E-state index contributed by atoms with van der Waals surface area (Å²) in [6.45, 7) is 9.06. The second-order valence-corrected chi connectivity index (χ2v) is 7.24. The minimum atomic E-state index is -0.483. The van der Waals surface area contributed by atoms with Crippen LogP contribution in [0, 0.1) is 6.57 Å². The van der Waals surface area contributed by atoms with E-state index in [4.69, 9.17) is 11.3 Å². The van der Waals surface area contributed by atoms with Crippen molar-refractivity contribution in [3.8, 4) is 0 Å². The Balaban J connectivity index is 2.03. The van der Waals surface area contributed by atoms with Crippen molar-refractivity contribution >= 4 is 49.8 Å². The van der Waals surface area contributed by atoms with Crippen LogP contribution in [-0.4, -0.2) is 22.8 Å². The van der Waals surface area contributed by atoms with E-state index in [0.29, 0.717) is 32.5 Å². The summed E-state index contributed by atoms with van der Waals surface area (Å²) in [5, 5.41) is 0.926. The fourth-order valence-corrected chi connectivity index (χ4v) is 4.02. The van der Waals surface area contributed by atoms with Crippen LogP contribution in [0.25, 0.3) is 21.3 Å². The standard InChI is InChI=1S/C23H15BrN2O3/c1-3-29-23(28)17-13-20(22(27)14-8-10-16(25-2)11-9-14)26-19-7-5-4-6-15(19)12-18(24)21(17)26/h4-13H,3H2,1H3. The highest BCUT2D eigenvalue weighted by Gasteiger charge is 2.24. The van der Waals surface area contributed by atoms with Crippen LogP contribution in [0.3, 0.4) is 0 Å². The Hall–Kier alpha value is -3.43. The Morgan fingerprint density at radius 2 is 1.83 bits per heavy atom. The van der Waals surface area contributed by atoms with Crippen molar-refractivity contribution in [3.05, 3.63) is 93.4 Å². The third-order valence-electron chi connectivity index (χ3n) is 4.67. The lowest BCUT2D eigenvalue weighted by molar-refractivity contribution is 0.0528. The normalized spacial score (nSPS) is 10.8. The topological polar surface area (TPSA) is 52.1 Å². The van der Waals surface area contributed by atoms with Gasteiger partial charge in [0, 0.05) is 10.0 Å². The minimum absolute atomic E-state index is 0.239. The average molecular weight is 447 g/mol. The van der Waals surface area contributed by atoms with Crippen LogP contribution < -0.4 is 0 Å². The molecule has 0 saturated heterocycles. The van der Waals surface area contributed by atoms with E-state index in [1.165, 1.54) is 0 Å². The molecular weight excluding hydrogens is 432 g/mol. The molecule has 2 aromatic heterocycles. The van der Waals surface area contributed by atoms with Gasteiger partial charge in [0.05, 0.1) is 35.5 Å². The monoisotopic (exact) mass is 446 g/mol. The maximum absolute atomic E-state index is 13.3. The fourth-order valence-electron chi connectivity index (χ4n) is 3.38. The van der Waals surface area contributed by atoms with Crippen LogP contribution in [0.2, 0.25) is 0 Å². The number of halogens is 1. The van der Waals surface area contributed by atoms with Crippen molar-refractivity contribution in [1.82, 2.24) is 4.40 Å². The van der Waals surface area contributed by atoms with Crippen molar-refractivity contribution in [2.75, 3.05) is 6.61 Å². The van der Waals surface area contributed by atoms with Crippen LogP contribution in [-0.2, 0) is 4.74 Å². The first-order chi connectivity index (χ1) is 14.0. The molecule has 6 heteroatoms. The summed E-state index contributed by atoms with van der Waals surface area (Å²) >= 11 is 3.55. The molecule has 0 fully saturated rings. The largest absolute Gasteiger partial charge is 0.462 e. The molecule has 5 nitrogen and oxygen atoms in total. The summed E-state index contributed by atoms with van der Waals surface area (Å²) < 4.78 is 7.70. The number of pyridine rings is 1. The molecule has 2 heterocycles. The first-order valence-electron chi connectivity index (χ1n) is 8.97. The lowest BCUT2D eigenvalue weighted by atomic mass is 10.1. The number of rotatable bonds is 4. The second kappa shape index (κ2) is 7.53. The number of aromatic nitrogens is 1. The molecule has 0 unspecified atom stereocenters. The lowest BCUT2D eigenvalue weighted by Crippen LogP contribution is -2.06. The molecular formula is C23H15BrN2O3. The Bertz CT molecular complexity index is 1310. The first-order valence-corrected chi connectivity index (χ1v) is 9.76. The number of para-hydroxylation sites is 1. The van der Waals surface area contributed by atoms with Gasteiger partial charge in [0.2, 0.25) is 5.78 Å². The number of nitrogens with zero attached hydrogens (tertiary/aromatic N) is 2. The van der Waals surface area contributed by atoms with Gasteiger partial charge in [0.1, 0.15) is 0 Å². The third-order valence-corrected chi connectivity index (χ3v) is 5.28. The zero-order valence-corrected chi connectivity index (χ0v) is 17.1. The summed E-state index contributed by atoms with van der Waals surface area (Å²) in [5.41, 5.74) is 2.98. The SMILES string of the molecule is [C-]#[N+]c1ccc(C(=O)c2cc(C(=O)OCC)c3c(Br)cc4ccccc4n23)cc1. The van der Waals surface area contributed by atoms with E-state index < -0.39 is 5.97 Å². The Labute approximate surface area is 175 Å². The lowest BCUT2D eigenvalue weighted by Gasteiger charge is -2.09. The fraction of sp³-hybridized carbons (Fsp3) is 0.0870. The highest BCUT2D eigenvalue weighted by atomic mass is 79.9. The molecule has 0 radical (unpaired) electrons. The summed E-state index contributed by atoms with van der Waals surface area (Å²) in [5.74, 6) is -0.723. The van der Waals surface area contributed by atoms with E-state index in [1.807, 2.05) is 30.3 Å². The van der Waals surface area contributed by atoms with Crippen molar-refractivity contribution in [1.29, 1.82) is 0 Å². The van der Waals surface area contributed by atoms with Gasteiger partial charge in [-0.1, -0.05) is 42.5 Å². The van der Waals surface area contributed by atoms with Gasteiger partial charge in [-0.2, -0.15) is 0 Å². The van der Waals surface area contributed by atoms with Crippen molar-refractivity contribution in [2.45, 2.75) is 6.92 Å². The smallest absolute Gasteiger partial charge is 0.340 e. The molecule has 29 heavy (non-hydrogen) atoms. The summed E-state index contributed by atoms with van der Waals surface area (Å²) in [6.07, 6.45) is 0. The number of carbonyl (C=O) groups is 2. The van der Waals surface area contributed by atoms with Gasteiger partial charge in [-0.3, -0.25) is 4.79 Å². The van der Waals surface area contributed by atoms with E-state index in [-0.39, 0.29) is 12.4 Å². The predicted molar refractivity (Wildman–Crippen MR) is 115 cm³/mol. The quantitative estimate of drug-likeness (QED) is 0.225. The molecule has 0 saturated carbocycles. The van der Waals surface area contributed by atoms with E-state index in [2.05, 4.69) is 20.8 Å². The molecule has 0 atom stereocenters. The molecule has 0 N–H and O–H groups in total. The molecule has 0 bridgehead atoms. The van der Waals surface area contributed by atoms with E-state index in [0.717, 1.165) is 10.9 Å². The highest BCUT2D eigenvalue weighted by Crippen LogP contribution is 2.32. The van der Waals surface area contributed by atoms with Crippen molar-refractivity contribution < 1.29 is 14.3 Å². The second-order valence-electron chi connectivity index (χ2n) is 6.39. The predicted octanol–water partition coefficient (Wildman–Crippen LogP) is 5.81. The van der Waals surface area contributed by atoms with Gasteiger partial charge in [-0.05, 0) is 46.4 Å². The molecule has 0 aliphatic heterocycles. The summed E-state index contributed by atoms with van der Waals surface area (Å²) in [7, 11) is 0. The minimum Gasteiger partial charge on any atom is -0.462 e. The van der Waals surface area contributed by atoms with Crippen LogP contribution in [0.15, 0.2) is 65.1 Å². The maximum Gasteiger partial charge on any atom is 0.340 e. The number of esters is 1. The maximum atomic E-state index is 13.3. The summed E-state index contributed by atoms with van der Waals surface area (Å²) in [4.78, 5) is 29.3. The zero-order chi connectivity index (χ0) is 20.5. The molecule has 0 aliphatic carbocycles. The number of hydrogen-bond donors (Lipinski definition) is 0. The zero-order valence-electron chi connectivity index (χ0n) is 15.5. The van der Waals surface area contributed by atoms with Crippen LogP contribution in [0.5, 0.6) is 0 Å². The van der Waals surface area contributed by atoms with E-state index in [1.54, 1.807) is 41.7 Å². The average Bonchev–Trinajstić information content (AvgIpc) is 3.15. The van der Waals surface area contributed by atoms with E-state index >= 15 is 0 Å². The number of ketones is 1. The number of benzene rings is 2. The van der Waals surface area contributed by atoms with Crippen LogP contribution in [0.4, 0.5) is 5.69 Å². The van der Waals surface area contributed by atoms with Gasteiger partial charge < -0.3 is 9.14 Å². The van der Waals surface area contributed by atoms with Crippen molar-refractivity contribution in [2.24, 2.45) is 0 Å². The van der Waals surface area contributed by atoms with E-state index in [9.17, 15) is 9.59 Å². The molecule has 4 rings (SSSR count). The first kappa shape index (κ1) is 18.9. The molecule has 0 aliphatic rings. The highest BCUT2D eigenvalue weighted by molar-refractivity contribution is 9.10.